The summed E-state index contributed by atoms with van der Waals surface area (Å²) in [7, 11) is 0. The van der Waals surface area contributed by atoms with Crippen LogP contribution in [0.25, 0.3) is 5.57 Å². The number of carbonyl (C=O) groups excluding carboxylic acids is 2. The van der Waals surface area contributed by atoms with Crippen molar-refractivity contribution in [3.63, 3.8) is 0 Å². The molecule has 0 bridgehead atoms. The van der Waals surface area contributed by atoms with Gasteiger partial charge in [0.15, 0.2) is 11.6 Å². The Balaban J connectivity index is 2.23. The van der Waals surface area contributed by atoms with Gasteiger partial charge in [-0.1, -0.05) is 0 Å². The summed E-state index contributed by atoms with van der Waals surface area (Å²) in [6, 6.07) is 3.90. The Hall–Kier alpha value is -2.82. The van der Waals surface area contributed by atoms with E-state index in [1.807, 2.05) is 0 Å². The highest BCUT2D eigenvalue weighted by atomic mass is 16.3. The normalized spacial score (nSPS) is 14.2. The monoisotopic (exact) mass is 255 g/mol. The molecule has 0 amide bonds. The summed E-state index contributed by atoms with van der Waals surface area (Å²) in [5, 5.41) is 19.1. The number of aromatic hydroxyl groups is 2. The second kappa shape index (κ2) is 3.84. The van der Waals surface area contributed by atoms with Gasteiger partial charge in [0.25, 0.3) is 0 Å². The number of hydrogen-bond acceptors (Lipinski definition) is 4. The van der Waals surface area contributed by atoms with E-state index in [0.29, 0.717) is 5.56 Å². The number of fused-ring (bicyclic) bond motifs is 1. The van der Waals surface area contributed by atoms with Crippen molar-refractivity contribution in [2.75, 3.05) is 0 Å². The van der Waals surface area contributed by atoms with E-state index in [4.69, 9.17) is 0 Å². The van der Waals surface area contributed by atoms with E-state index >= 15 is 0 Å². The first-order chi connectivity index (χ1) is 9.08. The SMILES string of the molecule is O=C1C(c2cc[nH]c2)=CC(=O)c2c(O)cc(O)cc21. The number of hydrogen-bond donors (Lipinski definition) is 3. The molecule has 5 heteroatoms. The quantitative estimate of drug-likeness (QED) is 0.725. The Morgan fingerprint density at radius 1 is 1.11 bits per heavy atom. The molecule has 0 spiro atoms. The number of allylic oxidation sites excluding steroid dienone is 2. The van der Waals surface area contributed by atoms with Crippen LogP contribution in [0.15, 0.2) is 36.7 Å². The number of aromatic nitrogens is 1. The molecule has 94 valence electrons. The predicted octanol–water partition coefficient (Wildman–Crippen LogP) is 1.89. The predicted molar refractivity (Wildman–Crippen MR) is 67.2 cm³/mol. The molecule has 0 saturated heterocycles. The van der Waals surface area contributed by atoms with Crippen molar-refractivity contribution in [2.45, 2.75) is 0 Å². The molecule has 0 saturated carbocycles. The number of Topliss-reactive ketones (excluding diaryl/α,β-unsaturated/α-hetero) is 1. The first-order valence-electron chi connectivity index (χ1n) is 5.58. The van der Waals surface area contributed by atoms with Crippen molar-refractivity contribution in [1.82, 2.24) is 4.98 Å². The third-order valence-electron chi connectivity index (χ3n) is 3.02. The zero-order valence-corrected chi connectivity index (χ0v) is 9.68. The van der Waals surface area contributed by atoms with E-state index in [0.717, 1.165) is 6.07 Å². The van der Waals surface area contributed by atoms with E-state index < -0.39 is 17.3 Å². The van der Waals surface area contributed by atoms with Crippen molar-refractivity contribution in [1.29, 1.82) is 0 Å². The van der Waals surface area contributed by atoms with Crippen LogP contribution in [0.2, 0.25) is 0 Å². The fourth-order valence-electron chi connectivity index (χ4n) is 2.17. The Labute approximate surface area is 107 Å². The molecule has 19 heavy (non-hydrogen) atoms. The zero-order valence-electron chi connectivity index (χ0n) is 9.68. The van der Waals surface area contributed by atoms with Gasteiger partial charge in [-0.3, -0.25) is 9.59 Å². The van der Waals surface area contributed by atoms with Crippen LogP contribution in [0.5, 0.6) is 11.5 Å². The van der Waals surface area contributed by atoms with Crippen molar-refractivity contribution >= 4 is 17.1 Å². The Morgan fingerprint density at radius 2 is 1.89 bits per heavy atom. The Kier molecular flexibility index (Phi) is 2.28. The van der Waals surface area contributed by atoms with Crippen LogP contribution in [0.3, 0.4) is 0 Å². The second-order valence-corrected chi connectivity index (χ2v) is 4.24. The minimum Gasteiger partial charge on any atom is -0.508 e. The smallest absolute Gasteiger partial charge is 0.194 e. The van der Waals surface area contributed by atoms with Crippen LogP contribution in [0, 0.1) is 0 Å². The molecule has 3 rings (SSSR count). The third kappa shape index (κ3) is 1.63. The van der Waals surface area contributed by atoms with Crippen molar-refractivity contribution in [3.8, 4) is 11.5 Å². The minimum absolute atomic E-state index is 0.0150. The number of ketones is 2. The number of rotatable bonds is 1. The molecule has 5 nitrogen and oxygen atoms in total. The first-order valence-corrected chi connectivity index (χ1v) is 5.58. The van der Waals surface area contributed by atoms with Crippen molar-refractivity contribution in [2.24, 2.45) is 0 Å². The van der Waals surface area contributed by atoms with Gasteiger partial charge in [0.05, 0.1) is 5.56 Å². The molecular formula is C14H9NO4. The van der Waals surface area contributed by atoms with Gasteiger partial charge in [0.2, 0.25) is 0 Å². The highest BCUT2D eigenvalue weighted by molar-refractivity contribution is 6.39. The highest BCUT2D eigenvalue weighted by Crippen LogP contribution is 2.35. The summed E-state index contributed by atoms with van der Waals surface area (Å²) < 4.78 is 0. The van der Waals surface area contributed by atoms with Crippen LogP contribution in [-0.4, -0.2) is 26.8 Å². The molecule has 1 heterocycles. The van der Waals surface area contributed by atoms with Gasteiger partial charge in [-0.15, -0.1) is 0 Å². The van der Waals surface area contributed by atoms with Gasteiger partial charge in [-0.05, 0) is 18.2 Å². The van der Waals surface area contributed by atoms with Gasteiger partial charge >= 0.3 is 0 Å². The lowest BCUT2D eigenvalue weighted by molar-refractivity contribution is 0.0999. The maximum atomic E-state index is 12.3. The first kappa shape index (κ1) is 11.3. The third-order valence-corrected chi connectivity index (χ3v) is 3.02. The van der Waals surface area contributed by atoms with Gasteiger partial charge in [0.1, 0.15) is 11.5 Å². The van der Waals surface area contributed by atoms with Crippen LogP contribution < -0.4 is 0 Å². The second-order valence-electron chi connectivity index (χ2n) is 4.24. The van der Waals surface area contributed by atoms with E-state index in [1.165, 1.54) is 12.1 Å². The van der Waals surface area contributed by atoms with E-state index in [2.05, 4.69) is 4.98 Å². The molecule has 0 fully saturated rings. The average molecular weight is 255 g/mol. The summed E-state index contributed by atoms with van der Waals surface area (Å²) in [6.07, 6.45) is 4.44. The van der Waals surface area contributed by atoms with Crippen LogP contribution in [0.1, 0.15) is 26.3 Å². The minimum atomic E-state index is -0.455. The maximum Gasteiger partial charge on any atom is 0.194 e. The molecule has 3 N–H and O–H groups in total. The number of phenols is 2. The number of benzene rings is 1. The van der Waals surface area contributed by atoms with E-state index in [9.17, 15) is 19.8 Å². The average Bonchev–Trinajstić information content (AvgIpc) is 2.86. The summed E-state index contributed by atoms with van der Waals surface area (Å²) in [5.74, 6) is -1.51. The summed E-state index contributed by atoms with van der Waals surface area (Å²) in [6.45, 7) is 0. The topological polar surface area (TPSA) is 90.4 Å². The molecule has 1 aliphatic rings. The van der Waals surface area contributed by atoms with Gasteiger partial charge < -0.3 is 15.2 Å². The number of carbonyl (C=O) groups is 2. The van der Waals surface area contributed by atoms with E-state index in [1.54, 1.807) is 18.5 Å². The van der Waals surface area contributed by atoms with Gasteiger partial charge in [-0.25, -0.2) is 0 Å². The number of aromatic amines is 1. The summed E-state index contributed by atoms with van der Waals surface area (Å²) in [4.78, 5) is 27.1. The van der Waals surface area contributed by atoms with Crippen LogP contribution >= 0.6 is 0 Å². The standard InChI is InChI=1S/C14H9NO4/c16-8-3-10-13(11(17)4-8)12(18)5-9(14(10)19)7-1-2-15-6-7/h1-6,15-17H. The van der Waals surface area contributed by atoms with E-state index in [-0.39, 0.29) is 22.4 Å². The molecule has 1 aromatic carbocycles. The van der Waals surface area contributed by atoms with Crippen molar-refractivity contribution < 1.29 is 19.8 Å². The molecule has 1 aliphatic carbocycles. The van der Waals surface area contributed by atoms with Crippen LogP contribution in [-0.2, 0) is 0 Å². The molecule has 2 aromatic rings. The highest BCUT2D eigenvalue weighted by Gasteiger charge is 2.29. The maximum absolute atomic E-state index is 12.3. The summed E-state index contributed by atoms with van der Waals surface area (Å²) in [5.41, 5.74) is 0.777. The zero-order chi connectivity index (χ0) is 13.6. The Bertz CT molecular complexity index is 726. The van der Waals surface area contributed by atoms with Crippen LogP contribution in [0.4, 0.5) is 0 Å². The lowest BCUT2D eigenvalue weighted by Gasteiger charge is -2.15. The summed E-state index contributed by atoms with van der Waals surface area (Å²) >= 11 is 0. The fraction of sp³-hybridized carbons (Fsp3) is 0. The van der Waals surface area contributed by atoms with Gasteiger partial charge in [0, 0.05) is 35.2 Å². The molecule has 0 radical (unpaired) electrons. The number of phenolic OH excluding ortho intramolecular Hbond substituents is 2. The molecular weight excluding hydrogens is 246 g/mol. The largest absolute Gasteiger partial charge is 0.508 e. The molecule has 0 atom stereocenters. The fourth-order valence-corrected chi connectivity index (χ4v) is 2.17. The molecule has 0 aliphatic heterocycles. The number of nitrogens with one attached hydrogen (secondary N) is 1. The lowest BCUT2D eigenvalue weighted by Crippen LogP contribution is -2.16. The van der Waals surface area contributed by atoms with Crippen molar-refractivity contribution in [3.05, 3.63) is 53.4 Å². The molecule has 0 unspecified atom stereocenters. The number of H-pyrrole nitrogens is 1. The molecule has 1 aromatic heterocycles. The Morgan fingerprint density at radius 3 is 2.58 bits per heavy atom. The lowest BCUT2D eigenvalue weighted by atomic mass is 9.86. The van der Waals surface area contributed by atoms with Gasteiger partial charge in [-0.2, -0.15) is 0 Å².